The first-order valence-corrected chi connectivity index (χ1v) is 4.42. The zero-order valence-corrected chi connectivity index (χ0v) is 8.92. The molecule has 74 valence electrons. The van der Waals surface area contributed by atoms with E-state index < -0.39 is 5.97 Å². The van der Waals surface area contributed by atoms with Gasteiger partial charge in [-0.3, -0.25) is 0 Å². The van der Waals surface area contributed by atoms with Crippen molar-refractivity contribution in [3.8, 4) is 11.8 Å². The van der Waals surface area contributed by atoms with Gasteiger partial charge < -0.3 is 4.84 Å². The summed E-state index contributed by atoms with van der Waals surface area (Å²) in [6, 6.07) is 0.338. The summed E-state index contributed by atoms with van der Waals surface area (Å²) in [6.07, 6.45) is 0. The summed E-state index contributed by atoms with van der Waals surface area (Å²) in [5.41, 5.74) is 0. The van der Waals surface area contributed by atoms with Gasteiger partial charge in [-0.2, -0.15) is 0 Å². The Labute approximate surface area is 80.0 Å². The summed E-state index contributed by atoms with van der Waals surface area (Å²) in [7, 11) is 0. The Morgan fingerprint density at radius 3 is 2.00 bits per heavy atom. The van der Waals surface area contributed by atoms with Crippen LogP contribution in [-0.2, 0) is 9.63 Å². The van der Waals surface area contributed by atoms with Gasteiger partial charge in [-0.1, -0.05) is 5.92 Å². The zero-order chi connectivity index (χ0) is 10.4. The Kier molecular flexibility index (Phi) is 5.17. The van der Waals surface area contributed by atoms with Crippen LogP contribution in [0, 0.1) is 11.8 Å². The molecular weight excluding hydrogens is 166 g/mol. The molecule has 0 radical (unpaired) electrons. The van der Waals surface area contributed by atoms with Crippen molar-refractivity contribution >= 4 is 5.97 Å². The van der Waals surface area contributed by atoms with Gasteiger partial charge in [-0.25, -0.2) is 4.79 Å². The van der Waals surface area contributed by atoms with Gasteiger partial charge in [0, 0.05) is 18.0 Å². The molecule has 0 spiro atoms. The maximum atomic E-state index is 11.0. The molecule has 0 aromatic carbocycles. The van der Waals surface area contributed by atoms with E-state index in [1.165, 1.54) is 0 Å². The molecule has 0 saturated carbocycles. The van der Waals surface area contributed by atoms with Gasteiger partial charge in [0.25, 0.3) is 0 Å². The summed E-state index contributed by atoms with van der Waals surface area (Å²) >= 11 is 0. The molecule has 0 rings (SSSR count). The predicted molar refractivity (Wildman–Crippen MR) is 51.7 cm³/mol. The normalized spacial score (nSPS) is 10.2. The SMILES string of the molecule is CC#CC(=O)ON(C(C)C)C(C)C. The first-order valence-electron chi connectivity index (χ1n) is 4.42. The fourth-order valence-corrected chi connectivity index (χ4v) is 1.03. The molecule has 0 aliphatic heterocycles. The highest BCUT2D eigenvalue weighted by molar-refractivity contribution is 5.88. The summed E-state index contributed by atoms with van der Waals surface area (Å²) in [5.74, 6) is 4.34. The molecule has 0 aromatic rings. The lowest BCUT2D eigenvalue weighted by Crippen LogP contribution is -2.38. The molecule has 0 aromatic heterocycles. The Morgan fingerprint density at radius 2 is 1.69 bits per heavy atom. The van der Waals surface area contributed by atoms with Crippen molar-refractivity contribution in [3.63, 3.8) is 0 Å². The standard InChI is InChI=1S/C10H17NO2/c1-6-7-10(12)13-11(8(2)3)9(4)5/h8-9H,1-5H3. The molecule has 0 bridgehead atoms. The van der Waals surface area contributed by atoms with E-state index in [4.69, 9.17) is 4.84 Å². The van der Waals surface area contributed by atoms with Crippen molar-refractivity contribution in [2.45, 2.75) is 46.7 Å². The molecule has 0 saturated heterocycles. The molecule has 0 heterocycles. The molecule has 0 atom stereocenters. The van der Waals surface area contributed by atoms with Crippen LogP contribution in [-0.4, -0.2) is 23.1 Å². The maximum Gasteiger partial charge on any atom is 0.403 e. The Balaban J connectivity index is 4.24. The lowest BCUT2D eigenvalue weighted by Gasteiger charge is -2.27. The van der Waals surface area contributed by atoms with E-state index in [0.717, 1.165) is 0 Å². The van der Waals surface area contributed by atoms with Crippen molar-refractivity contribution in [2.24, 2.45) is 0 Å². The minimum absolute atomic E-state index is 0.169. The number of hydrogen-bond donors (Lipinski definition) is 0. The van der Waals surface area contributed by atoms with Gasteiger partial charge in [0.15, 0.2) is 0 Å². The monoisotopic (exact) mass is 183 g/mol. The third-order valence-corrected chi connectivity index (χ3v) is 1.43. The van der Waals surface area contributed by atoms with Gasteiger partial charge in [-0.05, 0) is 34.6 Å². The molecule has 0 aliphatic rings. The van der Waals surface area contributed by atoms with Crippen LogP contribution in [0.15, 0.2) is 0 Å². The number of carbonyl (C=O) groups excluding carboxylic acids is 1. The van der Waals surface area contributed by atoms with Crippen LogP contribution in [0.2, 0.25) is 0 Å². The third-order valence-electron chi connectivity index (χ3n) is 1.43. The van der Waals surface area contributed by atoms with Crippen LogP contribution in [0.5, 0.6) is 0 Å². The number of rotatable bonds is 3. The van der Waals surface area contributed by atoms with Crippen LogP contribution in [0.1, 0.15) is 34.6 Å². The molecule has 3 nitrogen and oxygen atoms in total. The van der Waals surface area contributed by atoms with E-state index in [-0.39, 0.29) is 12.1 Å². The van der Waals surface area contributed by atoms with E-state index in [2.05, 4.69) is 11.8 Å². The topological polar surface area (TPSA) is 29.5 Å². The smallest absolute Gasteiger partial charge is 0.357 e. The van der Waals surface area contributed by atoms with Crippen molar-refractivity contribution in [2.75, 3.05) is 0 Å². The number of hydroxylamine groups is 2. The molecule has 0 unspecified atom stereocenters. The van der Waals surface area contributed by atoms with Gasteiger partial charge >= 0.3 is 5.97 Å². The van der Waals surface area contributed by atoms with Gasteiger partial charge in [0.2, 0.25) is 0 Å². The predicted octanol–water partition coefficient (Wildman–Crippen LogP) is 1.59. The average Bonchev–Trinajstić information content (AvgIpc) is 1.99. The van der Waals surface area contributed by atoms with Crippen molar-refractivity contribution in [1.82, 2.24) is 5.06 Å². The lowest BCUT2D eigenvalue weighted by molar-refractivity contribution is -0.201. The van der Waals surface area contributed by atoms with E-state index in [9.17, 15) is 4.79 Å². The lowest BCUT2D eigenvalue weighted by atomic mass is 10.3. The molecule has 13 heavy (non-hydrogen) atoms. The van der Waals surface area contributed by atoms with Crippen LogP contribution < -0.4 is 0 Å². The van der Waals surface area contributed by atoms with E-state index in [1.807, 2.05) is 27.7 Å². The first kappa shape index (κ1) is 12.0. The molecule has 3 heteroatoms. The molecule has 0 amide bonds. The van der Waals surface area contributed by atoms with Crippen LogP contribution in [0.25, 0.3) is 0 Å². The molecule has 0 fully saturated rings. The maximum absolute atomic E-state index is 11.0. The summed E-state index contributed by atoms with van der Waals surface area (Å²) in [4.78, 5) is 16.1. The number of hydrogen-bond acceptors (Lipinski definition) is 3. The third kappa shape index (κ3) is 4.54. The van der Waals surface area contributed by atoms with E-state index in [1.54, 1.807) is 12.0 Å². The van der Waals surface area contributed by atoms with Crippen LogP contribution >= 0.6 is 0 Å². The van der Waals surface area contributed by atoms with Crippen molar-refractivity contribution < 1.29 is 9.63 Å². The second-order valence-corrected chi connectivity index (χ2v) is 3.30. The summed E-state index contributed by atoms with van der Waals surface area (Å²) < 4.78 is 0. The summed E-state index contributed by atoms with van der Waals surface area (Å²) in [6.45, 7) is 9.47. The molecular formula is C10H17NO2. The van der Waals surface area contributed by atoms with Crippen LogP contribution in [0.4, 0.5) is 0 Å². The fourth-order valence-electron chi connectivity index (χ4n) is 1.03. The Bertz CT molecular complexity index is 215. The highest BCUT2D eigenvalue weighted by Crippen LogP contribution is 2.05. The van der Waals surface area contributed by atoms with E-state index >= 15 is 0 Å². The fraction of sp³-hybridized carbons (Fsp3) is 0.700. The zero-order valence-electron chi connectivity index (χ0n) is 8.92. The quantitative estimate of drug-likeness (QED) is 0.491. The highest BCUT2D eigenvalue weighted by Gasteiger charge is 2.17. The minimum Gasteiger partial charge on any atom is -0.357 e. The van der Waals surface area contributed by atoms with Crippen molar-refractivity contribution in [1.29, 1.82) is 0 Å². The highest BCUT2D eigenvalue weighted by atomic mass is 16.7. The average molecular weight is 183 g/mol. The van der Waals surface area contributed by atoms with Crippen molar-refractivity contribution in [3.05, 3.63) is 0 Å². The molecule has 0 N–H and O–H groups in total. The second-order valence-electron chi connectivity index (χ2n) is 3.30. The number of nitrogens with zero attached hydrogens (tertiary/aromatic N) is 1. The number of carbonyl (C=O) groups is 1. The van der Waals surface area contributed by atoms with E-state index in [0.29, 0.717) is 0 Å². The summed E-state index contributed by atoms with van der Waals surface area (Å²) in [5, 5.41) is 1.63. The van der Waals surface area contributed by atoms with Gasteiger partial charge in [0.1, 0.15) is 0 Å². The molecule has 0 aliphatic carbocycles. The second kappa shape index (κ2) is 5.60. The largest absolute Gasteiger partial charge is 0.403 e. The van der Waals surface area contributed by atoms with Crippen LogP contribution in [0.3, 0.4) is 0 Å². The first-order chi connectivity index (χ1) is 5.99. The Hall–Kier alpha value is -1.01. The van der Waals surface area contributed by atoms with Gasteiger partial charge in [0.05, 0.1) is 0 Å². The van der Waals surface area contributed by atoms with Gasteiger partial charge in [-0.15, -0.1) is 5.06 Å². The Morgan fingerprint density at radius 1 is 1.23 bits per heavy atom. The minimum atomic E-state index is -0.495.